The lowest BCUT2D eigenvalue weighted by Crippen LogP contribution is -2.40. The SMILES string of the molecule is CNC(=O)c1n[nH]c(C2CCN(C(=O)C3C(C)C3(F)F)CC2)n1. The minimum absolute atomic E-state index is 0.0436. The van der Waals surface area contributed by atoms with Crippen LogP contribution in [0.4, 0.5) is 8.78 Å². The number of hydrogen-bond donors (Lipinski definition) is 2. The van der Waals surface area contributed by atoms with Crippen molar-refractivity contribution >= 4 is 11.8 Å². The maximum atomic E-state index is 13.3. The smallest absolute Gasteiger partial charge is 0.290 e. The molecule has 1 saturated carbocycles. The van der Waals surface area contributed by atoms with Crippen molar-refractivity contribution < 1.29 is 18.4 Å². The molecule has 1 aliphatic carbocycles. The average Bonchev–Trinajstić information content (AvgIpc) is 2.93. The maximum Gasteiger partial charge on any atom is 0.290 e. The Bertz CT molecular complexity index is 624. The second-order valence-corrected chi connectivity index (χ2v) is 6.16. The second-order valence-electron chi connectivity index (χ2n) is 6.16. The largest absolute Gasteiger partial charge is 0.352 e. The van der Waals surface area contributed by atoms with Gasteiger partial charge in [0.15, 0.2) is 0 Å². The molecule has 0 radical (unpaired) electrons. The quantitative estimate of drug-likeness (QED) is 0.858. The van der Waals surface area contributed by atoms with Crippen LogP contribution in [0.5, 0.6) is 0 Å². The van der Waals surface area contributed by atoms with Gasteiger partial charge in [0.2, 0.25) is 11.7 Å². The van der Waals surface area contributed by atoms with Crippen molar-refractivity contribution in [1.29, 1.82) is 0 Å². The number of aromatic nitrogens is 3. The lowest BCUT2D eigenvalue weighted by Gasteiger charge is -2.31. The van der Waals surface area contributed by atoms with E-state index in [1.165, 1.54) is 18.9 Å². The number of likely N-dealkylation sites (tertiary alicyclic amines) is 1. The number of aromatic amines is 1. The highest BCUT2D eigenvalue weighted by molar-refractivity contribution is 5.90. The Balaban J connectivity index is 1.57. The van der Waals surface area contributed by atoms with E-state index in [1.54, 1.807) is 0 Å². The Labute approximate surface area is 131 Å². The van der Waals surface area contributed by atoms with E-state index in [0.717, 1.165) is 0 Å². The molecule has 23 heavy (non-hydrogen) atoms. The fourth-order valence-electron chi connectivity index (χ4n) is 3.10. The number of H-pyrrole nitrogens is 1. The molecule has 1 saturated heterocycles. The molecule has 2 amide bonds. The molecule has 2 fully saturated rings. The highest BCUT2D eigenvalue weighted by Crippen LogP contribution is 2.55. The van der Waals surface area contributed by atoms with Crippen LogP contribution in [0, 0.1) is 11.8 Å². The van der Waals surface area contributed by atoms with Gasteiger partial charge in [0.25, 0.3) is 11.8 Å². The molecule has 9 heteroatoms. The number of halogens is 2. The Hall–Kier alpha value is -2.06. The number of piperidine rings is 1. The monoisotopic (exact) mass is 327 g/mol. The van der Waals surface area contributed by atoms with Crippen LogP contribution in [0.3, 0.4) is 0 Å². The third-order valence-corrected chi connectivity index (χ3v) is 4.80. The fraction of sp³-hybridized carbons (Fsp3) is 0.714. The molecule has 0 bridgehead atoms. The van der Waals surface area contributed by atoms with Crippen LogP contribution >= 0.6 is 0 Å². The standard InChI is InChI=1S/C14H19F2N5O2/c1-7-9(14(7,15)16)13(23)21-5-3-8(4-6-21)10-18-11(20-19-10)12(22)17-2/h7-9H,3-6H2,1-2H3,(H,17,22)(H,18,19,20). The molecule has 0 spiro atoms. The Morgan fingerprint density at radius 2 is 1.96 bits per heavy atom. The van der Waals surface area contributed by atoms with E-state index in [4.69, 9.17) is 0 Å². The summed E-state index contributed by atoms with van der Waals surface area (Å²) < 4.78 is 26.7. The van der Waals surface area contributed by atoms with Gasteiger partial charge in [0, 0.05) is 32.0 Å². The van der Waals surface area contributed by atoms with Crippen molar-refractivity contribution in [2.24, 2.45) is 11.8 Å². The van der Waals surface area contributed by atoms with Crippen molar-refractivity contribution in [1.82, 2.24) is 25.4 Å². The van der Waals surface area contributed by atoms with Gasteiger partial charge >= 0.3 is 0 Å². The summed E-state index contributed by atoms with van der Waals surface area (Å²) in [6.45, 7) is 2.24. The van der Waals surface area contributed by atoms with Crippen LogP contribution in [0.15, 0.2) is 0 Å². The maximum absolute atomic E-state index is 13.3. The van der Waals surface area contributed by atoms with E-state index in [2.05, 4.69) is 20.5 Å². The van der Waals surface area contributed by atoms with Gasteiger partial charge in [-0.3, -0.25) is 14.7 Å². The van der Waals surface area contributed by atoms with Crippen LogP contribution in [-0.4, -0.2) is 58.0 Å². The number of carbonyl (C=O) groups excluding carboxylic acids is 2. The first-order valence-corrected chi connectivity index (χ1v) is 7.67. The molecule has 7 nitrogen and oxygen atoms in total. The van der Waals surface area contributed by atoms with Crippen molar-refractivity contribution in [3.63, 3.8) is 0 Å². The van der Waals surface area contributed by atoms with Gasteiger partial charge in [0.1, 0.15) is 11.7 Å². The molecular formula is C14H19F2N5O2. The molecule has 3 rings (SSSR count). The van der Waals surface area contributed by atoms with Crippen molar-refractivity contribution in [3.05, 3.63) is 11.6 Å². The number of rotatable bonds is 3. The van der Waals surface area contributed by atoms with Gasteiger partial charge in [-0.1, -0.05) is 6.92 Å². The second kappa shape index (κ2) is 5.54. The van der Waals surface area contributed by atoms with E-state index in [1.807, 2.05) is 0 Å². The molecule has 2 aliphatic rings. The molecule has 1 aromatic heterocycles. The van der Waals surface area contributed by atoms with E-state index >= 15 is 0 Å². The summed E-state index contributed by atoms with van der Waals surface area (Å²) in [4.78, 5) is 29.2. The van der Waals surface area contributed by atoms with Gasteiger partial charge in [-0.25, -0.2) is 13.8 Å². The highest BCUT2D eigenvalue weighted by Gasteiger charge is 2.69. The Morgan fingerprint density at radius 3 is 2.48 bits per heavy atom. The van der Waals surface area contributed by atoms with Gasteiger partial charge < -0.3 is 10.2 Å². The first-order valence-electron chi connectivity index (χ1n) is 7.67. The Kier molecular flexibility index (Phi) is 3.81. The molecule has 126 valence electrons. The first kappa shape index (κ1) is 15.8. The topological polar surface area (TPSA) is 91.0 Å². The summed E-state index contributed by atoms with van der Waals surface area (Å²) in [7, 11) is 1.50. The average molecular weight is 327 g/mol. The molecule has 2 atom stereocenters. The molecule has 0 aromatic carbocycles. The number of alkyl halides is 2. The summed E-state index contributed by atoms with van der Waals surface area (Å²) in [5.41, 5.74) is 0. The zero-order valence-corrected chi connectivity index (χ0v) is 13.0. The summed E-state index contributed by atoms with van der Waals surface area (Å²) in [6.07, 6.45) is 1.22. The lowest BCUT2D eigenvalue weighted by molar-refractivity contribution is -0.136. The summed E-state index contributed by atoms with van der Waals surface area (Å²) >= 11 is 0. The predicted molar refractivity (Wildman–Crippen MR) is 75.9 cm³/mol. The van der Waals surface area contributed by atoms with Crippen LogP contribution < -0.4 is 5.32 Å². The van der Waals surface area contributed by atoms with Crippen LogP contribution in [-0.2, 0) is 4.79 Å². The molecule has 2 N–H and O–H groups in total. The van der Waals surface area contributed by atoms with Gasteiger partial charge in [0.05, 0.1) is 0 Å². The normalized spacial score (nSPS) is 26.9. The number of nitrogens with zero attached hydrogens (tertiary/aromatic N) is 3. The number of carbonyl (C=O) groups is 2. The molecule has 1 aromatic rings. The number of amides is 2. The van der Waals surface area contributed by atoms with Crippen LogP contribution in [0.2, 0.25) is 0 Å². The fourth-order valence-corrected chi connectivity index (χ4v) is 3.10. The number of nitrogens with one attached hydrogen (secondary N) is 2. The first-order chi connectivity index (χ1) is 10.9. The van der Waals surface area contributed by atoms with Gasteiger partial charge in [-0.15, -0.1) is 5.10 Å². The third kappa shape index (κ3) is 2.68. The minimum atomic E-state index is -2.86. The summed E-state index contributed by atoms with van der Waals surface area (Å²) in [5.74, 6) is -4.99. The lowest BCUT2D eigenvalue weighted by atomic mass is 9.96. The predicted octanol–water partition coefficient (Wildman–Crippen LogP) is 0.771. The van der Waals surface area contributed by atoms with E-state index < -0.39 is 23.7 Å². The molecule has 2 heterocycles. The van der Waals surface area contributed by atoms with Crippen LogP contribution in [0.25, 0.3) is 0 Å². The minimum Gasteiger partial charge on any atom is -0.352 e. The van der Waals surface area contributed by atoms with Crippen LogP contribution in [0.1, 0.15) is 42.1 Å². The Morgan fingerprint density at radius 1 is 1.35 bits per heavy atom. The number of hydrogen-bond acceptors (Lipinski definition) is 4. The van der Waals surface area contributed by atoms with Crippen molar-refractivity contribution in [3.8, 4) is 0 Å². The summed E-state index contributed by atoms with van der Waals surface area (Å²) in [6, 6.07) is 0. The van der Waals surface area contributed by atoms with Crippen molar-refractivity contribution in [2.75, 3.05) is 20.1 Å². The third-order valence-electron chi connectivity index (χ3n) is 4.80. The van der Waals surface area contributed by atoms with Gasteiger partial charge in [-0.05, 0) is 12.8 Å². The van der Waals surface area contributed by atoms with E-state index in [-0.39, 0.29) is 17.6 Å². The zero-order chi connectivity index (χ0) is 16.8. The van der Waals surface area contributed by atoms with Gasteiger partial charge in [-0.2, -0.15) is 0 Å². The van der Waals surface area contributed by atoms with E-state index in [9.17, 15) is 18.4 Å². The van der Waals surface area contributed by atoms with E-state index in [0.29, 0.717) is 31.8 Å². The zero-order valence-electron chi connectivity index (χ0n) is 13.0. The molecular weight excluding hydrogens is 308 g/mol. The molecule has 1 aliphatic heterocycles. The summed E-state index contributed by atoms with van der Waals surface area (Å²) in [5, 5.41) is 9.04. The highest BCUT2D eigenvalue weighted by atomic mass is 19.3. The van der Waals surface area contributed by atoms with Crippen molar-refractivity contribution in [2.45, 2.75) is 31.6 Å². The molecule has 2 unspecified atom stereocenters.